The zero-order valence-electron chi connectivity index (χ0n) is 34.2. The monoisotopic (exact) mass is 695 g/mol. The van der Waals surface area contributed by atoms with Gasteiger partial charge in [0.15, 0.2) is 0 Å². The van der Waals surface area contributed by atoms with Crippen molar-refractivity contribution in [3.8, 4) is 0 Å². The van der Waals surface area contributed by atoms with E-state index in [-0.39, 0.29) is 17.5 Å². The molecule has 3 nitrogen and oxygen atoms in total. The number of carbonyl (C=O) groups excluding carboxylic acids is 1. The van der Waals surface area contributed by atoms with Crippen molar-refractivity contribution in [1.82, 2.24) is 0 Å². The van der Waals surface area contributed by atoms with Crippen molar-refractivity contribution in [2.45, 2.75) is 215 Å². The lowest BCUT2D eigenvalue weighted by atomic mass is 9.46. The lowest BCUT2D eigenvalue weighted by Gasteiger charge is -2.60. The Bertz CT molecular complexity index is 1060. The average Bonchev–Trinajstić information content (AvgIpc) is 3.44. The fraction of sp³-hybridized carbons (Fsp3) is 0.894. The predicted octanol–water partition coefficient (Wildman–Crippen LogP) is 13.6. The highest BCUT2D eigenvalue weighted by Gasteiger charge is 2.61. The zero-order chi connectivity index (χ0) is 36.1. The van der Waals surface area contributed by atoms with Gasteiger partial charge < -0.3 is 9.84 Å². The van der Waals surface area contributed by atoms with E-state index in [1.165, 1.54) is 121 Å². The van der Waals surface area contributed by atoms with Gasteiger partial charge in [-0.3, -0.25) is 4.79 Å². The van der Waals surface area contributed by atoms with Crippen molar-refractivity contribution in [1.29, 1.82) is 0 Å². The highest BCUT2D eigenvalue weighted by Crippen LogP contribution is 2.67. The molecule has 3 saturated carbocycles. The molecule has 288 valence electrons. The van der Waals surface area contributed by atoms with Crippen molar-refractivity contribution >= 4 is 5.97 Å². The molecule has 3 fully saturated rings. The number of carbonyl (C=O) groups is 1. The Hall–Kier alpha value is -1.09. The maximum atomic E-state index is 13.3. The van der Waals surface area contributed by atoms with E-state index in [2.05, 4.69) is 66.7 Å². The molecule has 0 heterocycles. The van der Waals surface area contributed by atoms with Crippen LogP contribution in [0.25, 0.3) is 0 Å². The number of aliphatic hydroxyl groups excluding tert-OH is 1. The minimum absolute atomic E-state index is 0.0320. The second-order valence-corrected chi connectivity index (χ2v) is 18.7. The summed E-state index contributed by atoms with van der Waals surface area (Å²) in [4.78, 5) is 13.3. The van der Waals surface area contributed by atoms with E-state index in [0.29, 0.717) is 47.8 Å². The van der Waals surface area contributed by atoms with Crippen LogP contribution in [0.1, 0.15) is 203 Å². The second-order valence-electron chi connectivity index (χ2n) is 18.7. The van der Waals surface area contributed by atoms with Crippen LogP contribution in [-0.4, -0.2) is 23.3 Å². The summed E-state index contributed by atoms with van der Waals surface area (Å²) in [5.74, 6) is 4.68. The standard InChI is InChI=1S/C47H82O3/c1-8-10-11-12-13-14-15-16-17-18-19-20-21-22-23-24-45(49)50-44-34-39(48)33-38-27-28-40-42-30-29-41(36(5)25-26-37(9-2)35(3)4)46(42,6)32-31-43(40)47(38,44)7/h25-27,35-37,39-44,48H,8-24,28-34H2,1-7H3/b26-25+/t36-,37+,39+,40+,41-,42+,43+,44?,46-,47+/m1/s1. The van der Waals surface area contributed by atoms with E-state index < -0.39 is 6.10 Å². The SMILES string of the molecule is CCCCCCCCCCCCCCCCCC(=O)OC1C[C@@H](O)CC2=CC[C@H]3[C@@H]4CC[C@H]([C@H](C)/C=C/[C@H](CC)C(C)C)[C@@]4(C)CC[C@@H]3[C@]21C. The molecule has 3 heteroatoms. The van der Waals surface area contributed by atoms with Crippen LogP contribution in [0.2, 0.25) is 0 Å². The van der Waals surface area contributed by atoms with Crippen LogP contribution in [0, 0.1) is 52.3 Å². The van der Waals surface area contributed by atoms with Gasteiger partial charge in [0, 0.05) is 18.3 Å². The van der Waals surface area contributed by atoms with Gasteiger partial charge in [-0.1, -0.05) is 162 Å². The lowest BCUT2D eigenvalue weighted by Crippen LogP contribution is -2.56. The predicted molar refractivity (Wildman–Crippen MR) is 213 cm³/mol. The maximum absolute atomic E-state index is 13.3. The van der Waals surface area contributed by atoms with Gasteiger partial charge in [0.25, 0.3) is 0 Å². The number of fused-ring (bicyclic) bond motifs is 5. The topological polar surface area (TPSA) is 46.5 Å². The summed E-state index contributed by atoms with van der Waals surface area (Å²) in [5.41, 5.74) is 1.64. The van der Waals surface area contributed by atoms with Gasteiger partial charge in [0.2, 0.25) is 0 Å². The molecule has 0 amide bonds. The quantitative estimate of drug-likeness (QED) is 0.0697. The van der Waals surface area contributed by atoms with Crippen LogP contribution in [0.3, 0.4) is 0 Å². The van der Waals surface area contributed by atoms with Gasteiger partial charge in [-0.25, -0.2) is 0 Å². The number of esters is 1. The Kier molecular flexibility index (Phi) is 17.0. The van der Waals surface area contributed by atoms with Gasteiger partial charge in [0.05, 0.1) is 6.10 Å². The smallest absolute Gasteiger partial charge is 0.306 e. The summed E-state index contributed by atoms with van der Waals surface area (Å²) in [6.45, 7) is 16.9. The first-order valence-electron chi connectivity index (χ1n) is 22.3. The van der Waals surface area contributed by atoms with Crippen molar-refractivity contribution in [3.05, 3.63) is 23.8 Å². The van der Waals surface area contributed by atoms with Crippen molar-refractivity contribution in [3.63, 3.8) is 0 Å². The number of allylic oxidation sites excluding steroid dienone is 3. The van der Waals surface area contributed by atoms with Gasteiger partial charge in [-0.2, -0.15) is 0 Å². The third kappa shape index (κ3) is 10.5. The van der Waals surface area contributed by atoms with E-state index in [1.807, 2.05) is 0 Å². The summed E-state index contributed by atoms with van der Waals surface area (Å²) in [6.07, 6.45) is 36.4. The Morgan fingerprint density at radius 1 is 0.840 bits per heavy atom. The van der Waals surface area contributed by atoms with Gasteiger partial charge in [-0.15, -0.1) is 0 Å². The molecule has 4 rings (SSSR count). The van der Waals surface area contributed by atoms with Gasteiger partial charge >= 0.3 is 5.97 Å². The van der Waals surface area contributed by atoms with E-state index in [1.54, 1.807) is 0 Å². The van der Waals surface area contributed by atoms with E-state index >= 15 is 0 Å². The number of hydrogen-bond donors (Lipinski definition) is 1. The van der Waals surface area contributed by atoms with Crippen molar-refractivity contribution in [2.24, 2.45) is 52.3 Å². The van der Waals surface area contributed by atoms with Crippen LogP contribution in [-0.2, 0) is 9.53 Å². The van der Waals surface area contributed by atoms with E-state index in [4.69, 9.17) is 4.74 Å². The zero-order valence-corrected chi connectivity index (χ0v) is 34.2. The molecule has 50 heavy (non-hydrogen) atoms. The van der Waals surface area contributed by atoms with Gasteiger partial charge in [0.1, 0.15) is 6.10 Å². The minimum atomic E-state index is -0.399. The minimum Gasteiger partial charge on any atom is -0.461 e. The van der Waals surface area contributed by atoms with Crippen LogP contribution >= 0.6 is 0 Å². The second kappa shape index (κ2) is 20.4. The van der Waals surface area contributed by atoms with Crippen LogP contribution < -0.4 is 0 Å². The molecule has 10 atom stereocenters. The Morgan fingerprint density at radius 3 is 2.02 bits per heavy atom. The molecular weight excluding hydrogens is 613 g/mol. The normalized spacial score (nSPS) is 33.5. The van der Waals surface area contributed by atoms with Gasteiger partial charge in [-0.05, 0) is 98.2 Å². The molecule has 0 bridgehead atoms. The highest BCUT2D eigenvalue weighted by atomic mass is 16.5. The fourth-order valence-corrected chi connectivity index (χ4v) is 11.9. The van der Waals surface area contributed by atoms with Crippen LogP contribution in [0.4, 0.5) is 0 Å². The van der Waals surface area contributed by atoms with Crippen molar-refractivity contribution in [2.75, 3.05) is 0 Å². The summed E-state index contributed by atoms with van der Waals surface area (Å²) >= 11 is 0. The maximum Gasteiger partial charge on any atom is 0.306 e. The fourth-order valence-electron chi connectivity index (χ4n) is 11.9. The Morgan fingerprint density at radius 2 is 1.44 bits per heavy atom. The first-order valence-corrected chi connectivity index (χ1v) is 22.3. The Balaban J connectivity index is 1.23. The third-order valence-electron chi connectivity index (χ3n) is 15.1. The number of ether oxygens (including phenoxy) is 1. The number of hydrogen-bond acceptors (Lipinski definition) is 3. The summed E-state index contributed by atoms with van der Waals surface area (Å²) in [7, 11) is 0. The first-order chi connectivity index (χ1) is 24.1. The van der Waals surface area contributed by atoms with Crippen LogP contribution in [0.15, 0.2) is 23.8 Å². The molecule has 4 aliphatic rings. The average molecular weight is 695 g/mol. The molecule has 1 N–H and O–H groups in total. The third-order valence-corrected chi connectivity index (χ3v) is 15.1. The summed E-state index contributed by atoms with van der Waals surface area (Å²) < 4.78 is 6.43. The molecular formula is C47H82O3. The molecule has 0 saturated heterocycles. The molecule has 0 spiro atoms. The summed E-state index contributed by atoms with van der Waals surface area (Å²) in [5, 5.41) is 10.9. The highest BCUT2D eigenvalue weighted by molar-refractivity contribution is 5.69. The van der Waals surface area contributed by atoms with Crippen LogP contribution in [0.5, 0.6) is 0 Å². The number of rotatable bonds is 22. The molecule has 0 aromatic rings. The molecule has 0 aliphatic heterocycles. The molecule has 4 aliphatic carbocycles. The van der Waals surface area contributed by atoms with E-state index in [9.17, 15) is 9.90 Å². The van der Waals surface area contributed by atoms with E-state index in [0.717, 1.165) is 37.5 Å². The Labute approximate surface area is 310 Å². The number of aliphatic hydroxyl groups is 1. The van der Waals surface area contributed by atoms with Crippen molar-refractivity contribution < 1.29 is 14.6 Å². The largest absolute Gasteiger partial charge is 0.461 e. The first kappa shape index (κ1) is 41.7. The molecule has 0 aromatic carbocycles. The molecule has 0 aromatic heterocycles. The lowest BCUT2D eigenvalue weighted by molar-refractivity contribution is -0.169. The molecule has 1 unspecified atom stereocenters. The molecule has 0 radical (unpaired) electrons. The number of unbranched alkanes of at least 4 members (excludes halogenated alkanes) is 14. The summed E-state index contributed by atoms with van der Waals surface area (Å²) in [6, 6.07) is 0.